The van der Waals surface area contributed by atoms with Crippen molar-refractivity contribution in [2.45, 2.75) is 45.3 Å². The van der Waals surface area contributed by atoms with E-state index in [2.05, 4.69) is 18.8 Å². The Hall–Kier alpha value is 0.01000. The Morgan fingerprint density at radius 3 is 2.73 bits per heavy atom. The van der Waals surface area contributed by atoms with Crippen molar-refractivity contribution in [2.24, 2.45) is 0 Å². The smallest absolute Gasteiger partial charge is 0.0681 e. The number of thioether (sulfide) groups is 1. The zero-order chi connectivity index (χ0) is 11.7. The van der Waals surface area contributed by atoms with Gasteiger partial charge in [0.05, 0.1) is 5.60 Å². The van der Waals surface area contributed by atoms with E-state index in [1.54, 1.807) is 11.8 Å². The van der Waals surface area contributed by atoms with Crippen LogP contribution in [0.4, 0.5) is 0 Å². The summed E-state index contributed by atoms with van der Waals surface area (Å²) in [7, 11) is 0. The molecule has 0 rings (SSSR count). The van der Waals surface area contributed by atoms with Crippen molar-refractivity contribution in [3.63, 3.8) is 0 Å². The summed E-state index contributed by atoms with van der Waals surface area (Å²) < 4.78 is 0. The number of aliphatic hydroxyl groups is 1. The van der Waals surface area contributed by atoms with E-state index in [1.165, 1.54) is 0 Å². The Morgan fingerprint density at radius 1 is 1.53 bits per heavy atom. The Kier molecular flexibility index (Phi) is 8.20. The van der Waals surface area contributed by atoms with Gasteiger partial charge in [0.2, 0.25) is 0 Å². The van der Waals surface area contributed by atoms with Crippen LogP contribution in [-0.2, 0) is 0 Å². The van der Waals surface area contributed by atoms with E-state index >= 15 is 0 Å². The van der Waals surface area contributed by atoms with Crippen LogP contribution in [0, 0.1) is 0 Å². The molecule has 0 aliphatic carbocycles. The zero-order valence-corrected chi connectivity index (χ0v) is 11.1. The molecule has 0 aromatic carbocycles. The van der Waals surface area contributed by atoms with Crippen molar-refractivity contribution >= 4 is 11.8 Å². The highest BCUT2D eigenvalue weighted by molar-refractivity contribution is 7.99. The molecule has 0 heterocycles. The van der Waals surface area contributed by atoms with E-state index in [0.29, 0.717) is 6.04 Å². The lowest BCUT2D eigenvalue weighted by Gasteiger charge is -2.17. The van der Waals surface area contributed by atoms with Crippen LogP contribution in [0.25, 0.3) is 0 Å². The van der Waals surface area contributed by atoms with Crippen LogP contribution in [-0.4, -0.2) is 34.8 Å². The summed E-state index contributed by atoms with van der Waals surface area (Å²) in [6.07, 6.45) is 4.19. The molecule has 0 saturated carbocycles. The molecule has 0 aromatic heterocycles. The van der Waals surface area contributed by atoms with Crippen LogP contribution >= 0.6 is 11.8 Å². The van der Waals surface area contributed by atoms with E-state index in [9.17, 15) is 5.11 Å². The number of nitrogens with one attached hydrogen (secondary N) is 1. The first-order valence-electron chi connectivity index (χ1n) is 5.60. The van der Waals surface area contributed by atoms with Gasteiger partial charge in [0.25, 0.3) is 0 Å². The van der Waals surface area contributed by atoms with Gasteiger partial charge in [-0.15, -0.1) is 6.58 Å². The third-order valence-corrected chi connectivity index (χ3v) is 3.40. The second kappa shape index (κ2) is 8.20. The van der Waals surface area contributed by atoms with Crippen molar-refractivity contribution in [1.82, 2.24) is 5.32 Å². The maximum Gasteiger partial charge on any atom is 0.0681 e. The van der Waals surface area contributed by atoms with Crippen LogP contribution in [0.3, 0.4) is 0 Å². The first-order chi connectivity index (χ1) is 6.95. The van der Waals surface area contributed by atoms with Crippen LogP contribution in [0.1, 0.15) is 33.6 Å². The molecule has 0 saturated heterocycles. The number of hydrogen-bond acceptors (Lipinski definition) is 3. The molecule has 3 heteroatoms. The monoisotopic (exact) mass is 231 g/mol. The van der Waals surface area contributed by atoms with Gasteiger partial charge < -0.3 is 10.4 Å². The van der Waals surface area contributed by atoms with Gasteiger partial charge in [-0.05, 0) is 33.6 Å². The molecular weight excluding hydrogens is 206 g/mol. The Labute approximate surface area is 98.5 Å². The van der Waals surface area contributed by atoms with E-state index in [1.807, 2.05) is 19.9 Å². The summed E-state index contributed by atoms with van der Waals surface area (Å²) in [6.45, 7) is 10.6. The molecule has 0 fully saturated rings. The quantitative estimate of drug-likeness (QED) is 0.472. The molecule has 0 aromatic rings. The third kappa shape index (κ3) is 11.9. The van der Waals surface area contributed by atoms with Crippen molar-refractivity contribution in [2.75, 3.05) is 18.1 Å². The van der Waals surface area contributed by atoms with Crippen molar-refractivity contribution in [3.05, 3.63) is 12.7 Å². The Balaban J connectivity index is 3.27. The molecule has 2 N–H and O–H groups in total. The largest absolute Gasteiger partial charge is 0.390 e. The summed E-state index contributed by atoms with van der Waals surface area (Å²) >= 11 is 1.79. The van der Waals surface area contributed by atoms with Gasteiger partial charge >= 0.3 is 0 Å². The molecule has 0 spiro atoms. The van der Waals surface area contributed by atoms with E-state index in [-0.39, 0.29) is 0 Å². The minimum atomic E-state index is -0.543. The number of hydrogen-bond donors (Lipinski definition) is 2. The highest BCUT2D eigenvalue weighted by Gasteiger charge is 2.11. The molecule has 0 aliphatic heterocycles. The first kappa shape index (κ1) is 15.0. The molecule has 1 atom stereocenters. The predicted molar refractivity (Wildman–Crippen MR) is 70.5 cm³/mol. The number of allylic oxidation sites excluding steroid dienone is 1. The lowest BCUT2D eigenvalue weighted by atomic mass is 10.2. The van der Waals surface area contributed by atoms with Gasteiger partial charge in [-0.3, -0.25) is 0 Å². The van der Waals surface area contributed by atoms with Gasteiger partial charge in [0.15, 0.2) is 0 Å². The van der Waals surface area contributed by atoms with E-state index < -0.39 is 5.60 Å². The average Bonchev–Trinajstić information content (AvgIpc) is 2.12. The molecule has 0 aliphatic rings. The minimum absolute atomic E-state index is 0.543. The van der Waals surface area contributed by atoms with Gasteiger partial charge in [0, 0.05) is 24.1 Å². The summed E-state index contributed by atoms with van der Waals surface area (Å²) in [5, 5.41) is 12.9. The highest BCUT2D eigenvalue weighted by Crippen LogP contribution is 2.11. The fraction of sp³-hybridized carbons (Fsp3) is 0.833. The maximum absolute atomic E-state index is 9.49. The molecule has 90 valence electrons. The molecule has 0 amide bonds. The normalized spacial score (nSPS) is 13.9. The highest BCUT2D eigenvalue weighted by atomic mass is 32.2. The lowest BCUT2D eigenvalue weighted by Crippen LogP contribution is -2.29. The summed E-state index contributed by atoms with van der Waals surface area (Å²) in [5.41, 5.74) is -0.543. The SMILES string of the molecule is C=CCCC(C)NCCSCC(C)(C)O. The van der Waals surface area contributed by atoms with Crippen LogP contribution < -0.4 is 5.32 Å². The lowest BCUT2D eigenvalue weighted by molar-refractivity contribution is 0.107. The topological polar surface area (TPSA) is 32.3 Å². The fourth-order valence-electron chi connectivity index (χ4n) is 1.17. The van der Waals surface area contributed by atoms with Crippen LogP contribution in [0.5, 0.6) is 0 Å². The molecule has 2 nitrogen and oxygen atoms in total. The van der Waals surface area contributed by atoms with E-state index in [0.717, 1.165) is 30.9 Å². The number of rotatable bonds is 9. The van der Waals surface area contributed by atoms with Gasteiger partial charge in [-0.25, -0.2) is 0 Å². The molecule has 15 heavy (non-hydrogen) atoms. The minimum Gasteiger partial charge on any atom is -0.390 e. The first-order valence-corrected chi connectivity index (χ1v) is 6.75. The average molecular weight is 231 g/mol. The second-order valence-electron chi connectivity index (χ2n) is 4.59. The Bertz CT molecular complexity index is 165. The molecule has 0 radical (unpaired) electrons. The van der Waals surface area contributed by atoms with E-state index in [4.69, 9.17) is 0 Å². The van der Waals surface area contributed by atoms with Crippen molar-refractivity contribution in [1.29, 1.82) is 0 Å². The maximum atomic E-state index is 9.49. The van der Waals surface area contributed by atoms with Crippen LogP contribution in [0.2, 0.25) is 0 Å². The zero-order valence-electron chi connectivity index (χ0n) is 10.3. The second-order valence-corrected chi connectivity index (χ2v) is 5.69. The molecule has 1 unspecified atom stereocenters. The third-order valence-electron chi connectivity index (χ3n) is 2.00. The molecule has 0 bridgehead atoms. The van der Waals surface area contributed by atoms with Gasteiger partial charge in [-0.1, -0.05) is 6.08 Å². The summed E-state index contributed by atoms with van der Waals surface area (Å²) in [6, 6.07) is 0.561. The standard InChI is InChI=1S/C12H25NOS/c1-5-6-7-11(2)13-8-9-15-10-12(3,4)14/h5,11,13-14H,1,6-10H2,2-4H3. The van der Waals surface area contributed by atoms with Gasteiger partial charge in [-0.2, -0.15) is 11.8 Å². The van der Waals surface area contributed by atoms with Crippen LogP contribution in [0.15, 0.2) is 12.7 Å². The van der Waals surface area contributed by atoms with Crippen molar-refractivity contribution in [3.8, 4) is 0 Å². The van der Waals surface area contributed by atoms with Crippen molar-refractivity contribution < 1.29 is 5.11 Å². The predicted octanol–water partition coefficient (Wildman–Crippen LogP) is 2.43. The summed E-state index contributed by atoms with van der Waals surface area (Å²) in [4.78, 5) is 0. The summed E-state index contributed by atoms with van der Waals surface area (Å²) in [5.74, 6) is 1.86. The van der Waals surface area contributed by atoms with Gasteiger partial charge in [0.1, 0.15) is 0 Å². The molecular formula is C12H25NOS. The fourth-order valence-corrected chi connectivity index (χ4v) is 2.08. The Morgan fingerprint density at radius 2 is 2.20 bits per heavy atom.